The molecule has 0 bridgehead atoms. The zero-order chi connectivity index (χ0) is 20.1. The van der Waals surface area contributed by atoms with Crippen LogP contribution in [0.25, 0.3) is 0 Å². The van der Waals surface area contributed by atoms with E-state index in [1.54, 1.807) is 18.3 Å². The highest BCUT2D eigenvalue weighted by molar-refractivity contribution is 9.10. The molecule has 2 aromatic rings. The van der Waals surface area contributed by atoms with Gasteiger partial charge in [-0.05, 0) is 54.8 Å². The van der Waals surface area contributed by atoms with E-state index in [-0.39, 0.29) is 16.7 Å². The monoisotopic (exact) mass is 483 g/mol. The van der Waals surface area contributed by atoms with E-state index in [2.05, 4.69) is 26.5 Å². The van der Waals surface area contributed by atoms with Crippen LogP contribution in [0.2, 0.25) is 5.02 Å². The molecule has 1 N–H and O–H groups in total. The maximum absolute atomic E-state index is 12.7. The lowest BCUT2D eigenvalue weighted by molar-refractivity contribution is -0.126. The van der Waals surface area contributed by atoms with E-state index in [1.807, 2.05) is 24.3 Å². The standard InChI is InChI=1S/C19H19BrClN3O3S/c20-16-3-1-14(2-4-16)13-22-23-19(25)15-9-11-24(12-10-15)28(26,27)18-7-5-17(21)6-8-18/h1-8,13,15H,9-12H2,(H,23,25)/b22-13-. The molecule has 0 radical (unpaired) electrons. The van der Waals surface area contributed by atoms with E-state index in [4.69, 9.17) is 11.6 Å². The van der Waals surface area contributed by atoms with Crippen molar-refractivity contribution in [3.63, 3.8) is 0 Å². The summed E-state index contributed by atoms with van der Waals surface area (Å²) in [6.45, 7) is 0.582. The van der Waals surface area contributed by atoms with Crippen LogP contribution >= 0.6 is 27.5 Å². The van der Waals surface area contributed by atoms with Crippen molar-refractivity contribution in [2.75, 3.05) is 13.1 Å². The Kier molecular flexibility index (Phi) is 6.87. The number of carbonyl (C=O) groups excluding carboxylic acids is 1. The summed E-state index contributed by atoms with van der Waals surface area (Å²) in [4.78, 5) is 12.5. The van der Waals surface area contributed by atoms with Crippen LogP contribution in [-0.2, 0) is 14.8 Å². The Morgan fingerprint density at radius 1 is 1.11 bits per heavy atom. The van der Waals surface area contributed by atoms with Gasteiger partial charge in [0.25, 0.3) is 0 Å². The van der Waals surface area contributed by atoms with E-state index in [0.717, 1.165) is 10.0 Å². The Morgan fingerprint density at radius 2 is 1.71 bits per heavy atom. The zero-order valence-corrected chi connectivity index (χ0v) is 18.0. The Labute approximate surface area is 177 Å². The zero-order valence-electron chi connectivity index (χ0n) is 14.9. The molecule has 1 aliphatic heterocycles. The molecular formula is C19H19BrClN3O3S. The first-order valence-corrected chi connectivity index (χ1v) is 11.3. The number of piperidine rings is 1. The minimum Gasteiger partial charge on any atom is -0.273 e. The van der Waals surface area contributed by atoms with Gasteiger partial charge in [-0.2, -0.15) is 9.41 Å². The minimum absolute atomic E-state index is 0.197. The van der Waals surface area contributed by atoms with Gasteiger partial charge in [0.2, 0.25) is 15.9 Å². The van der Waals surface area contributed by atoms with Crippen molar-refractivity contribution in [2.45, 2.75) is 17.7 Å². The van der Waals surface area contributed by atoms with Crippen molar-refractivity contribution in [2.24, 2.45) is 11.0 Å². The normalized spacial score (nSPS) is 16.4. The summed E-state index contributed by atoms with van der Waals surface area (Å²) < 4.78 is 27.7. The summed E-state index contributed by atoms with van der Waals surface area (Å²) >= 11 is 9.18. The molecule has 0 unspecified atom stereocenters. The molecule has 6 nitrogen and oxygen atoms in total. The van der Waals surface area contributed by atoms with Gasteiger partial charge in [-0.3, -0.25) is 4.79 Å². The van der Waals surface area contributed by atoms with Crippen LogP contribution in [0.1, 0.15) is 18.4 Å². The molecule has 28 heavy (non-hydrogen) atoms. The molecule has 2 aromatic carbocycles. The van der Waals surface area contributed by atoms with Gasteiger partial charge in [0.1, 0.15) is 0 Å². The van der Waals surface area contributed by atoms with Gasteiger partial charge in [0.05, 0.1) is 11.1 Å². The lowest BCUT2D eigenvalue weighted by Crippen LogP contribution is -2.42. The molecule has 148 valence electrons. The second-order valence-corrected chi connectivity index (χ2v) is 9.71. The molecule has 1 saturated heterocycles. The average Bonchev–Trinajstić information content (AvgIpc) is 2.70. The fourth-order valence-electron chi connectivity index (χ4n) is 2.92. The Balaban J connectivity index is 1.53. The Morgan fingerprint density at radius 3 is 2.32 bits per heavy atom. The fraction of sp³-hybridized carbons (Fsp3) is 0.263. The number of carbonyl (C=O) groups is 1. The smallest absolute Gasteiger partial charge is 0.243 e. The van der Waals surface area contributed by atoms with Crippen LogP contribution in [-0.4, -0.2) is 37.9 Å². The van der Waals surface area contributed by atoms with Gasteiger partial charge in [0.15, 0.2) is 0 Å². The second kappa shape index (κ2) is 9.17. The highest BCUT2D eigenvalue weighted by Crippen LogP contribution is 2.24. The summed E-state index contributed by atoms with van der Waals surface area (Å²) in [7, 11) is -3.57. The van der Waals surface area contributed by atoms with Gasteiger partial charge in [-0.1, -0.05) is 39.7 Å². The van der Waals surface area contributed by atoms with Crippen molar-refractivity contribution in [3.8, 4) is 0 Å². The van der Waals surface area contributed by atoms with Crippen molar-refractivity contribution < 1.29 is 13.2 Å². The van der Waals surface area contributed by atoms with Crippen LogP contribution in [0.15, 0.2) is 63.0 Å². The first-order chi connectivity index (χ1) is 13.4. The third-order valence-corrected chi connectivity index (χ3v) is 7.23. The van der Waals surface area contributed by atoms with E-state index in [9.17, 15) is 13.2 Å². The van der Waals surface area contributed by atoms with Crippen LogP contribution in [0, 0.1) is 5.92 Å². The molecule has 3 rings (SSSR count). The number of nitrogens with zero attached hydrogens (tertiary/aromatic N) is 2. The average molecular weight is 485 g/mol. The van der Waals surface area contributed by atoms with E-state index < -0.39 is 10.0 Å². The van der Waals surface area contributed by atoms with Crippen LogP contribution in [0.4, 0.5) is 0 Å². The molecule has 0 atom stereocenters. The quantitative estimate of drug-likeness (QED) is 0.520. The number of hydrazone groups is 1. The first kappa shape index (κ1) is 21.0. The summed E-state index contributed by atoms with van der Waals surface area (Å²) in [5.74, 6) is -0.462. The molecular weight excluding hydrogens is 466 g/mol. The molecule has 1 amide bonds. The number of benzene rings is 2. The number of hydrogen-bond donors (Lipinski definition) is 1. The predicted octanol–water partition coefficient (Wildman–Crippen LogP) is 3.65. The number of amides is 1. The lowest BCUT2D eigenvalue weighted by atomic mass is 9.98. The van der Waals surface area contributed by atoms with E-state index >= 15 is 0 Å². The van der Waals surface area contributed by atoms with Gasteiger partial charge < -0.3 is 0 Å². The lowest BCUT2D eigenvalue weighted by Gasteiger charge is -2.30. The minimum atomic E-state index is -3.57. The first-order valence-electron chi connectivity index (χ1n) is 8.70. The third-order valence-electron chi connectivity index (χ3n) is 4.53. The highest BCUT2D eigenvalue weighted by atomic mass is 79.9. The van der Waals surface area contributed by atoms with Crippen molar-refractivity contribution in [1.29, 1.82) is 0 Å². The largest absolute Gasteiger partial charge is 0.273 e. The number of nitrogens with one attached hydrogen (secondary N) is 1. The molecule has 9 heteroatoms. The van der Waals surface area contributed by atoms with Crippen molar-refractivity contribution in [3.05, 3.63) is 63.6 Å². The Bertz CT molecular complexity index is 955. The predicted molar refractivity (Wildman–Crippen MR) is 113 cm³/mol. The van der Waals surface area contributed by atoms with Gasteiger partial charge >= 0.3 is 0 Å². The van der Waals surface area contributed by atoms with Crippen LogP contribution in [0.5, 0.6) is 0 Å². The topological polar surface area (TPSA) is 78.8 Å². The fourth-order valence-corrected chi connectivity index (χ4v) is 4.78. The van der Waals surface area contributed by atoms with E-state index in [1.165, 1.54) is 16.4 Å². The van der Waals surface area contributed by atoms with Crippen molar-refractivity contribution in [1.82, 2.24) is 9.73 Å². The van der Waals surface area contributed by atoms with Crippen LogP contribution in [0.3, 0.4) is 0 Å². The molecule has 1 fully saturated rings. The molecule has 1 heterocycles. The van der Waals surface area contributed by atoms with Crippen molar-refractivity contribution >= 4 is 49.7 Å². The van der Waals surface area contributed by atoms with Gasteiger partial charge in [-0.15, -0.1) is 0 Å². The molecule has 0 aromatic heterocycles. The molecule has 0 spiro atoms. The number of halogens is 2. The van der Waals surface area contributed by atoms with Gasteiger partial charge in [0, 0.05) is 28.5 Å². The summed E-state index contributed by atoms with van der Waals surface area (Å²) in [6.07, 6.45) is 2.48. The molecule has 1 aliphatic rings. The number of sulfonamides is 1. The van der Waals surface area contributed by atoms with Crippen LogP contribution < -0.4 is 5.43 Å². The van der Waals surface area contributed by atoms with Gasteiger partial charge in [-0.25, -0.2) is 13.8 Å². The maximum Gasteiger partial charge on any atom is 0.243 e. The summed E-state index contributed by atoms with van der Waals surface area (Å²) in [5, 5.41) is 4.47. The second-order valence-electron chi connectivity index (χ2n) is 6.42. The molecule has 0 aliphatic carbocycles. The highest BCUT2D eigenvalue weighted by Gasteiger charge is 2.32. The molecule has 0 saturated carbocycles. The number of rotatable bonds is 5. The summed E-state index contributed by atoms with van der Waals surface area (Å²) in [5.41, 5.74) is 3.41. The summed E-state index contributed by atoms with van der Waals surface area (Å²) in [6, 6.07) is 13.6. The maximum atomic E-state index is 12.7. The SMILES string of the molecule is O=C(N/N=C\c1ccc(Br)cc1)C1CCN(S(=O)(=O)c2ccc(Cl)cc2)CC1. The number of hydrogen-bond acceptors (Lipinski definition) is 4. The Hall–Kier alpha value is -1.74. The van der Waals surface area contributed by atoms with E-state index in [0.29, 0.717) is 31.0 Å². The third kappa shape index (κ3) is 5.20.